The van der Waals surface area contributed by atoms with E-state index in [2.05, 4.69) is 79.7 Å². The van der Waals surface area contributed by atoms with Crippen LogP contribution in [0.25, 0.3) is 16.3 Å². The summed E-state index contributed by atoms with van der Waals surface area (Å²) in [5.74, 6) is 3.35. The molecule has 3 heterocycles. The van der Waals surface area contributed by atoms with Crippen molar-refractivity contribution in [3.05, 3.63) is 77.1 Å². The lowest BCUT2D eigenvalue weighted by Crippen LogP contribution is -2.44. The normalized spacial score (nSPS) is 16.8. The lowest BCUT2D eigenvalue weighted by Gasteiger charge is -2.35. The van der Waals surface area contributed by atoms with Crippen LogP contribution in [0.1, 0.15) is 30.4 Å². The monoisotopic (exact) mass is 499 g/mol. The predicted octanol–water partition coefficient (Wildman–Crippen LogP) is 3.96. The van der Waals surface area contributed by atoms with Crippen molar-refractivity contribution in [3.63, 3.8) is 0 Å². The van der Waals surface area contributed by atoms with Gasteiger partial charge >= 0.3 is 0 Å². The fraction of sp³-hybridized carbons (Fsp3) is 0.433. The molecular weight excluding hydrogens is 462 g/mol. The first kappa shape index (κ1) is 25.3. The quantitative estimate of drug-likeness (QED) is 0.328. The van der Waals surface area contributed by atoms with Gasteiger partial charge in [0.2, 0.25) is 0 Å². The summed E-state index contributed by atoms with van der Waals surface area (Å²) in [7, 11) is 2.16. The maximum absolute atomic E-state index is 12.6. The number of fused-ring (bicyclic) bond motifs is 1. The third kappa shape index (κ3) is 5.21. The predicted molar refractivity (Wildman–Crippen MR) is 148 cm³/mol. The van der Waals surface area contributed by atoms with Crippen LogP contribution >= 0.6 is 0 Å². The molecule has 2 aliphatic heterocycles. The lowest BCUT2D eigenvalue weighted by atomic mass is 9.97. The molecule has 0 N–H and O–H groups in total. The SMILES string of the molecule is CCOCCCn1c(CN2CC(c3cccc4ccccc34)=C(N3CCN(C)CC3)C2=C=O)cnc1C. The van der Waals surface area contributed by atoms with Gasteiger partial charge in [-0.15, -0.1) is 0 Å². The zero-order valence-corrected chi connectivity index (χ0v) is 22.2. The standard InChI is InChI=1S/C30H37N5O2/c1-4-37-18-8-13-35-23(2)31-19-25(35)20-34-21-28(27-12-7-10-24-9-5-6-11-26(24)27)30(29(34)22-36)33-16-14-32(3)15-17-33/h5-7,9-12,19H,4,8,13-18,20-21H2,1-3H3. The molecule has 0 amide bonds. The van der Waals surface area contributed by atoms with Crippen LogP contribution in [0, 0.1) is 6.92 Å². The molecule has 0 unspecified atom stereocenters. The summed E-state index contributed by atoms with van der Waals surface area (Å²) in [6.45, 7) is 11.4. The van der Waals surface area contributed by atoms with Crippen LogP contribution in [0.2, 0.25) is 0 Å². The Morgan fingerprint density at radius 2 is 1.84 bits per heavy atom. The van der Waals surface area contributed by atoms with Gasteiger partial charge in [-0.2, -0.15) is 0 Å². The maximum atomic E-state index is 12.6. The number of hydrogen-bond donors (Lipinski definition) is 0. The van der Waals surface area contributed by atoms with Crippen LogP contribution in [0.5, 0.6) is 0 Å². The number of benzene rings is 2. The Bertz CT molecular complexity index is 1320. The summed E-state index contributed by atoms with van der Waals surface area (Å²) in [6, 6.07) is 15.0. The van der Waals surface area contributed by atoms with Gasteiger partial charge in [0.15, 0.2) is 5.94 Å². The number of carbonyl (C=O) groups excluding carboxylic acids is 1. The minimum Gasteiger partial charge on any atom is -0.382 e. The van der Waals surface area contributed by atoms with E-state index in [0.29, 0.717) is 18.8 Å². The van der Waals surface area contributed by atoms with Crippen molar-refractivity contribution in [2.24, 2.45) is 0 Å². The van der Waals surface area contributed by atoms with Gasteiger partial charge < -0.3 is 24.0 Å². The highest BCUT2D eigenvalue weighted by molar-refractivity contribution is 5.97. The average Bonchev–Trinajstić information content (AvgIpc) is 3.46. The second-order valence-electron chi connectivity index (χ2n) is 9.95. The maximum Gasteiger partial charge on any atom is 0.152 e. The molecular formula is C30H37N5O2. The third-order valence-electron chi connectivity index (χ3n) is 7.57. The Morgan fingerprint density at radius 3 is 2.62 bits per heavy atom. The van der Waals surface area contributed by atoms with Crippen LogP contribution in [0.4, 0.5) is 0 Å². The molecule has 2 aromatic carbocycles. The van der Waals surface area contributed by atoms with Crippen LogP contribution in [0.3, 0.4) is 0 Å². The van der Waals surface area contributed by atoms with Gasteiger partial charge in [0, 0.05) is 58.1 Å². The summed E-state index contributed by atoms with van der Waals surface area (Å²) in [4.78, 5) is 24.1. The van der Waals surface area contributed by atoms with Gasteiger partial charge in [0.05, 0.1) is 24.1 Å². The second kappa shape index (κ2) is 11.3. The largest absolute Gasteiger partial charge is 0.382 e. The molecule has 1 fully saturated rings. The van der Waals surface area contributed by atoms with Gasteiger partial charge in [0.25, 0.3) is 0 Å². The number of nitrogens with zero attached hydrogens (tertiary/aromatic N) is 5. The number of rotatable bonds is 9. The zero-order valence-electron chi connectivity index (χ0n) is 22.2. The Kier molecular flexibility index (Phi) is 7.75. The molecule has 1 saturated heterocycles. The summed E-state index contributed by atoms with van der Waals surface area (Å²) in [6.07, 6.45) is 2.88. The molecule has 7 nitrogen and oxygen atoms in total. The van der Waals surface area contributed by atoms with E-state index in [1.165, 1.54) is 21.9 Å². The van der Waals surface area contributed by atoms with Crippen LogP contribution in [-0.2, 0) is 22.6 Å². The van der Waals surface area contributed by atoms with E-state index in [1.54, 1.807) is 0 Å². The summed E-state index contributed by atoms with van der Waals surface area (Å²) < 4.78 is 7.81. The fourth-order valence-electron chi connectivity index (χ4n) is 5.57. The number of piperazine rings is 1. The molecule has 5 rings (SSSR count). The van der Waals surface area contributed by atoms with E-state index in [-0.39, 0.29) is 0 Å². The molecule has 194 valence electrons. The van der Waals surface area contributed by atoms with Crippen molar-refractivity contribution in [1.29, 1.82) is 0 Å². The molecule has 0 atom stereocenters. The van der Waals surface area contributed by atoms with Crippen molar-refractivity contribution in [2.45, 2.75) is 33.4 Å². The number of likely N-dealkylation sites (N-methyl/N-ethyl adjacent to an activating group) is 1. The van der Waals surface area contributed by atoms with Crippen molar-refractivity contribution >= 4 is 22.3 Å². The number of aryl methyl sites for hydroxylation is 1. The fourth-order valence-corrected chi connectivity index (χ4v) is 5.57. The topological polar surface area (TPSA) is 53.8 Å². The van der Waals surface area contributed by atoms with E-state index in [0.717, 1.165) is 69.6 Å². The number of imidazole rings is 1. The van der Waals surface area contributed by atoms with Crippen LogP contribution < -0.4 is 0 Å². The molecule has 37 heavy (non-hydrogen) atoms. The second-order valence-corrected chi connectivity index (χ2v) is 9.95. The van der Waals surface area contributed by atoms with E-state index in [9.17, 15) is 4.79 Å². The Morgan fingerprint density at radius 1 is 1.05 bits per heavy atom. The average molecular weight is 500 g/mol. The highest BCUT2D eigenvalue weighted by Gasteiger charge is 2.34. The highest BCUT2D eigenvalue weighted by atomic mass is 16.5. The van der Waals surface area contributed by atoms with E-state index in [1.807, 2.05) is 20.0 Å². The van der Waals surface area contributed by atoms with Crippen molar-refractivity contribution in [2.75, 3.05) is 53.0 Å². The number of aromatic nitrogens is 2. The van der Waals surface area contributed by atoms with Crippen molar-refractivity contribution < 1.29 is 9.53 Å². The van der Waals surface area contributed by atoms with Gasteiger partial charge in [-0.05, 0) is 43.7 Å². The van der Waals surface area contributed by atoms with Gasteiger partial charge in [-0.1, -0.05) is 42.5 Å². The summed E-state index contributed by atoms with van der Waals surface area (Å²) in [5, 5.41) is 2.43. The van der Waals surface area contributed by atoms with Crippen LogP contribution in [0.15, 0.2) is 60.1 Å². The Labute approximate surface area is 219 Å². The Balaban J connectivity index is 1.50. The molecule has 1 aromatic heterocycles. The molecule has 7 heteroatoms. The van der Waals surface area contributed by atoms with Crippen molar-refractivity contribution in [1.82, 2.24) is 24.3 Å². The zero-order chi connectivity index (χ0) is 25.8. The molecule has 0 saturated carbocycles. The highest BCUT2D eigenvalue weighted by Crippen LogP contribution is 2.39. The van der Waals surface area contributed by atoms with Gasteiger partial charge in [-0.3, -0.25) is 0 Å². The molecule has 0 spiro atoms. The first-order valence-electron chi connectivity index (χ1n) is 13.3. The first-order valence-corrected chi connectivity index (χ1v) is 13.3. The summed E-state index contributed by atoms with van der Waals surface area (Å²) >= 11 is 0. The molecule has 0 bridgehead atoms. The minimum atomic E-state index is 0.617. The Hall–Kier alpha value is -3.38. The third-order valence-corrected chi connectivity index (χ3v) is 7.57. The molecule has 2 aliphatic rings. The van der Waals surface area contributed by atoms with E-state index < -0.39 is 0 Å². The number of hydrogen-bond acceptors (Lipinski definition) is 6. The minimum absolute atomic E-state index is 0.617. The first-order chi connectivity index (χ1) is 18.1. The van der Waals surface area contributed by atoms with Crippen LogP contribution in [-0.4, -0.2) is 83.2 Å². The lowest BCUT2D eigenvalue weighted by molar-refractivity contribution is 0.141. The van der Waals surface area contributed by atoms with E-state index in [4.69, 9.17) is 4.74 Å². The molecule has 3 aromatic rings. The van der Waals surface area contributed by atoms with Gasteiger partial charge in [0.1, 0.15) is 11.5 Å². The van der Waals surface area contributed by atoms with Crippen molar-refractivity contribution in [3.8, 4) is 0 Å². The number of ether oxygens (including phenoxy) is 1. The smallest absolute Gasteiger partial charge is 0.152 e. The molecule has 0 radical (unpaired) electrons. The summed E-state index contributed by atoms with van der Waals surface area (Å²) in [5.41, 5.74) is 5.21. The molecule has 0 aliphatic carbocycles. The van der Waals surface area contributed by atoms with E-state index >= 15 is 0 Å². The van der Waals surface area contributed by atoms with Gasteiger partial charge in [-0.25, -0.2) is 9.78 Å².